The average Bonchev–Trinajstić information content (AvgIpc) is 2.30. The van der Waals surface area contributed by atoms with E-state index in [1.165, 1.54) is 19.1 Å². The zero-order valence-electron chi connectivity index (χ0n) is 12.1. The van der Waals surface area contributed by atoms with Gasteiger partial charge in [-0.25, -0.2) is 4.79 Å². The minimum absolute atomic E-state index is 0.119. The van der Waals surface area contributed by atoms with E-state index in [1.807, 2.05) is 0 Å². The van der Waals surface area contributed by atoms with E-state index in [4.69, 9.17) is 8.92 Å². The number of amides is 1. The maximum atomic E-state index is 11.6. The Labute approximate surface area is 132 Å². The zero-order valence-corrected chi connectivity index (χ0v) is 14.5. The predicted molar refractivity (Wildman–Crippen MR) is 81.9 cm³/mol. The summed E-state index contributed by atoms with van der Waals surface area (Å²) in [4.78, 5) is 15.5. The Morgan fingerprint density at radius 2 is 2.00 bits per heavy atom. The summed E-state index contributed by atoms with van der Waals surface area (Å²) in [5.41, 5.74) is -0.648. The number of hydrogen-bond acceptors (Lipinski definition) is 6. The van der Waals surface area contributed by atoms with Crippen LogP contribution in [0.2, 0.25) is 0 Å². The highest BCUT2D eigenvalue weighted by Crippen LogP contribution is 2.26. The Bertz CT molecular complexity index is 625. The first-order valence-electron chi connectivity index (χ1n) is 6.11. The van der Waals surface area contributed by atoms with Crippen molar-refractivity contribution in [2.24, 2.45) is 0 Å². The first kappa shape index (κ1) is 17.7. The Hall–Kier alpha value is -1.35. The van der Waals surface area contributed by atoms with Gasteiger partial charge in [0.2, 0.25) is 5.88 Å². The fourth-order valence-corrected chi connectivity index (χ4v) is 2.03. The molecule has 118 valence electrons. The third-order valence-electron chi connectivity index (χ3n) is 2.00. The van der Waals surface area contributed by atoms with E-state index in [9.17, 15) is 13.2 Å². The van der Waals surface area contributed by atoms with E-state index in [2.05, 4.69) is 26.2 Å². The number of pyridine rings is 1. The van der Waals surface area contributed by atoms with Crippen LogP contribution in [0.4, 0.5) is 10.6 Å². The maximum Gasteiger partial charge on any atom is 0.413 e. The van der Waals surface area contributed by atoms with Crippen molar-refractivity contribution in [3.8, 4) is 5.88 Å². The van der Waals surface area contributed by atoms with E-state index in [-0.39, 0.29) is 17.5 Å². The van der Waals surface area contributed by atoms with Crippen LogP contribution in [0.25, 0.3) is 0 Å². The lowest BCUT2D eigenvalue weighted by Crippen LogP contribution is -2.27. The second-order valence-corrected chi connectivity index (χ2v) is 7.75. The fraction of sp³-hybridized carbons (Fsp3) is 0.500. The number of rotatable bonds is 4. The molecule has 1 aromatic rings. The molecular formula is C12H17BrN2O5S. The van der Waals surface area contributed by atoms with Crippen LogP contribution in [0, 0.1) is 0 Å². The number of ether oxygens (including phenoxy) is 1. The summed E-state index contributed by atoms with van der Waals surface area (Å²) in [6.07, 6.45) is -0.693. The van der Waals surface area contributed by atoms with Crippen LogP contribution in [-0.2, 0) is 14.9 Å². The molecule has 1 N–H and O–H groups in total. The minimum atomic E-state index is -3.71. The quantitative estimate of drug-likeness (QED) is 0.806. The molecule has 1 heterocycles. The van der Waals surface area contributed by atoms with Crippen molar-refractivity contribution in [2.45, 2.75) is 33.3 Å². The van der Waals surface area contributed by atoms with Crippen molar-refractivity contribution in [3.63, 3.8) is 0 Å². The van der Waals surface area contributed by atoms with Gasteiger partial charge < -0.3 is 8.92 Å². The second-order valence-electron chi connectivity index (χ2n) is 5.04. The van der Waals surface area contributed by atoms with E-state index in [1.54, 1.807) is 20.8 Å². The van der Waals surface area contributed by atoms with Gasteiger partial charge >= 0.3 is 16.2 Å². The monoisotopic (exact) mass is 380 g/mol. The maximum absolute atomic E-state index is 11.6. The van der Waals surface area contributed by atoms with Crippen LogP contribution >= 0.6 is 15.9 Å². The van der Waals surface area contributed by atoms with Crippen molar-refractivity contribution in [1.82, 2.24) is 4.98 Å². The molecule has 0 aromatic carbocycles. The van der Waals surface area contributed by atoms with Crippen molar-refractivity contribution < 1.29 is 22.1 Å². The van der Waals surface area contributed by atoms with Crippen LogP contribution in [0.5, 0.6) is 5.88 Å². The molecule has 0 atom stereocenters. The van der Waals surface area contributed by atoms with Gasteiger partial charge in [0.15, 0.2) is 0 Å². The van der Waals surface area contributed by atoms with Crippen LogP contribution in [0.3, 0.4) is 0 Å². The highest BCUT2D eigenvalue weighted by molar-refractivity contribution is 9.10. The summed E-state index contributed by atoms with van der Waals surface area (Å²) >= 11 is 3.13. The van der Waals surface area contributed by atoms with Gasteiger partial charge in [-0.15, -0.1) is 0 Å². The van der Waals surface area contributed by atoms with Crippen molar-refractivity contribution in [3.05, 3.63) is 16.6 Å². The molecule has 0 aliphatic carbocycles. The first-order valence-corrected chi connectivity index (χ1v) is 8.48. The topological polar surface area (TPSA) is 94.6 Å². The van der Waals surface area contributed by atoms with E-state index < -0.39 is 21.8 Å². The Kier molecular flexibility index (Phi) is 5.57. The summed E-state index contributed by atoms with van der Waals surface area (Å²) in [6.45, 7) is 6.63. The van der Waals surface area contributed by atoms with Crippen molar-refractivity contribution in [2.75, 3.05) is 11.1 Å². The van der Waals surface area contributed by atoms with Crippen LogP contribution in [0.1, 0.15) is 27.7 Å². The van der Waals surface area contributed by atoms with Gasteiger partial charge in [0, 0.05) is 0 Å². The lowest BCUT2D eigenvalue weighted by Gasteiger charge is -2.19. The summed E-state index contributed by atoms with van der Waals surface area (Å²) < 4.78 is 33.1. The van der Waals surface area contributed by atoms with Crippen LogP contribution in [-0.4, -0.2) is 30.8 Å². The lowest BCUT2D eigenvalue weighted by molar-refractivity contribution is 0.0635. The van der Waals surface area contributed by atoms with Gasteiger partial charge in [-0.1, -0.05) is 0 Å². The molecule has 0 aliphatic heterocycles. The van der Waals surface area contributed by atoms with E-state index >= 15 is 0 Å². The summed E-state index contributed by atoms with van der Waals surface area (Å²) in [7, 11) is -3.71. The number of hydrogen-bond donors (Lipinski definition) is 1. The third kappa shape index (κ3) is 6.30. The molecule has 1 amide bonds. The lowest BCUT2D eigenvalue weighted by atomic mass is 10.2. The molecule has 1 rings (SSSR count). The Morgan fingerprint density at radius 3 is 2.52 bits per heavy atom. The molecule has 0 saturated carbocycles. The first-order chi connectivity index (χ1) is 9.52. The molecule has 0 aliphatic rings. The van der Waals surface area contributed by atoms with Crippen molar-refractivity contribution in [1.29, 1.82) is 0 Å². The van der Waals surface area contributed by atoms with E-state index in [0.29, 0.717) is 4.47 Å². The normalized spacial score (nSPS) is 11.9. The van der Waals surface area contributed by atoms with Gasteiger partial charge in [-0.2, -0.15) is 13.4 Å². The largest absolute Gasteiger partial charge is 0.444 e. The number of carbonyl (C=O) groups is 1. The highest BCUT2D eigenvalue weighted by Gasteiger charge is 2.18. The number of aromatic nitrogens is 1. The van der Waals surface area contributed by atoms with Gasteiger partial charge in [-0.05, 0) is 55.8 Å². The smallest absolute Gasteiger partial charge is 0.413 e. The number of nitrogens with zero attached hydrogens (tertiary/aromatic N) is 1. The molecule has 1 aromatic heterocycles. The summed E-state index contributed by atoms with van der Waals surface area (Å²) in [5.74, 6) is -0.218. The number of anilines is 1. The Morgan fingerprint density at radius 1 is 1.38 bits per heavy atom. The molecule has 21 heavy (non-hydrogen) atoms. The van der Waals surface area contributed by atoms with Gasteiger partial charge in [0.25, 0.3) is 0 Å². The molecule has 0 unspecified atom stereocenters. The van der Waals surface area contributed by atoms with Gasteiger partial charge in [-0.3, -0.25) is 5.32 Å². The Balaban J connectivity index is 2.90. The number of halogens is 1. The van der Waals surface area contributed by atoms with Crippen molar-refractivity contribution >= 4 is 38.0 Å². The number of carbonyl (C=O) groups excluding carboxylic acids is 1. The second kappa shape index (κ2) is 6.61. The minimum Gasteiger partial charge on any atom is -0.444 e. The molecule has 0 fully saturated rings. The highest BCUT2D eigenvalue weighted by atomic mass is 79.9. The van der Waals surface area contributed by atoms with Crippen LogP contribution in [0.15, 0.2) is 16.6 Å². The SMILES string of the molecule is CCS(=O)(=O)Oc1nc(NC(=O)OC(C)(C)C)ccc1Br. The van der Waals surface area contributed by atoms with Gasteiger partial charge in [0.1, 0.15) is 11.4 Å². The molecule has 7 nitrogen and oxygen atoms in total. The molecule has 0 saturated heterocycles. The number of nitrogens with one attached hydrogen (secondary N) is 1. The zero-order chi connectivity index (χ0) is 16.3. The standard InChI is InChI=1S/C12H17BrN2O5S/c1-5-21(17,18)20-10-8(13)6-7-9(14-10)15-11(16)19-12(2,3)4/h6-7H,5H2,1-4H3,(H,14,15,16). The van der Waals surface area contributed by atoms with Crippen LogP contribution < -0.4 is 9.50 Å². The predicted octanol–water partition coefficient (Wildman–Crippen LogP) is 2.92. The average molecular weight is 381 g/mol. The molecule has 9 heteroatoms. The summed E-state index contributed by atoms with van der Waals surface area (Å²) in [5, 5.41) is 2.40. The summed E-state index contributed by atoms with van der Waals surface area (Å²) in [6, 6.07) is 3.00. The molecule has 0 spiro atoms. The van der Waals surface area contributed by atoms with Gasteiger partial charge in [0.05, 0.1) is 10.2 Å². The molecule has 0 bridgehead atoms. The molecule has 0 radical (unpaired) electrons. The van der Waals surface area contributed by atoms with E-state index in [0.717, 1.165) is 0 Å². The third-order valence-corrected chi connectivity index (χ3v) is 3.72. The fourth-order valence-electron chi connectivity index (χ4n) is 1.14. The molecular weight excluding hydrogens is 364 g/mol.